The zero-order chi connectivity index (χ0) is 34.8. The molecule has 0 saturated carbocycles. The summed E-state index contributed by atoms with van der Waals surface area (Å²) < 4.78 is 70.8. The summed E-state index contributed by atoms with van der Waals surface area (Å²) in [6, 6.07) is 20.0. The maximum absolute atomic E-state index is 13.4. The summed E-state index contributed by atoms with van der Waals surface area (Å²) in [5, 5.41) is 6.96. The van der Waals surface area contributed by atoms with Crippen molar-refractivity contribution in [1.82, 2.24) is 0 Å². The Bertz CT molecular complexity index is 2160. The van der Waals surface area contributed by atoms with Gasteiger partial charge in [-0.25, -0.2) is 11.1 Å². The first-order valence-electron chi connectivity index (χ1n) is 14.7. The van der Waals surface area contributed by atoms with Crippen molar-refractivity contribution in [2.24, 2.45) is 21.7 Å². The zero-order valence-electron chi connectivity index (χ0n) is 25.8. The molecule has 246 valence electrons. The van der Waals surface area contributed by atoms with Crippen LogP contribution in [0.15, 0.2) is 107 Å². The highest BCUT2D eigenvalue weighted by molar-refractivity contribution is 7.87. The SMILES string of the molecule is Cc1cc(C2(S(=O)(=O)O)c3ccccc3C=C(N=N)C2N)ccc1-c1ccc(C2(S(=O)(=O)O)c3ccccc3C=C(N=N)C2N)cc1C. The molecule has 48 heavy (non-hydrogen) atoms. The maximum atomic E-state index is 13.4. The normalized spacial score (nSPS) is 23.7. The third-order valence-corrected chi connectivity index (χ3v) is 12.6. The lowest BCUT2D eigenvalue weighted by atomic mass is 9.75. The van der Waals surface area contributed by atoms with Gasteiger partial charge in [-0.2, -0.15) is 27.1 Å². The van der Waals surface area contributed by atoms with E-state index in [4.69, 9.17) is 22.5 Å². The lowest BCUT2D eigenvalue weighted by molar-refractivity contribution is 0.423. The summed E-state index contributed by atoms with van der Waals surface area (Å²) in [5.41, 5.74) is 32.6. The van der Waals surface area contributed by atoms with E-state index in [2.05, 4.69) is 10.2 Å². The van der Waals surface area contributed by atoms with Gasteiger partial charge in [-0.1, -0.05) is 84.9 Å². The second-order valence-corrected chi connectivity index (χ2v) is 15.2. The highest BCUT2D eigenvalue weighted by atomic mass is 32.2. The Morgan fingerprint density at radius 2 is 0.979 bits per heavy atom. The molecule has 0 amide bonds. The first-order valence-corrected chi connectivity index (χ1v) is 17.6. The molecule has 4 aromatic carbocycles. The smallest absolute Gasteiger partial charge is 0.281 e. The number of rotatable bonds is 7. The summed E-state index contributed by atoms with van der Waals surface area (Å²) in [7, 11) is -9.90. The number of nitrogens with one attached hydrogen (secondary N) is 2. The van der Waals surface area contributed by atoms with Gasteiger partial charge in [-0.05, 0) is 81.6 Å². The van der Waals surface area contributed by atoms with E-state index in [1.807, 2.05) is 0 Å². The Balaban J connectivity index is 1.53. The predicted octanol–water partition coefficient (Wildman–Crippen LogP) is 5.66. The monoisotopic (exact) mass is 684 g/mol. The molecule has 2 aliphatic rings. The zero-order valence-corrected chi connectivity index (χ0v) is 27.4. The van der Waals surface area contributed by atoms with Crippen LogP contribution in [0.2, 0.25) is 0 Å². The van der Waals surface area contributed by atoms with Crippen LogP contribution in [-0.2, 0) is 29.7 Å². The van der Waals surface area contributed by atoms with Gasteiger partial charge in [0, 0.05) is 0 Å². The average Bonchev–Trinajstić information content (AvgIpc) is 3.03. The van der Waals surface area contributed by atoms with Gasteiger partial charge in [0.05, 0.1) is 23.5 Å². The van der Waals surface area contributed by atoms with Crippen molar-refractivity contribution in [1.29, 1.82) is 11.1 Å². The van der Waals surface area contributed by atoms with Gasteiger partial charge in [0.15, 0.2) is 9.49 Å². The fraction of sp³-hybridized carbons (Fsp3) is 0.176. The van der Waals surface area contributed by atoms with Crippen LogP contribution in [0.5, 0.6) is 0 Å². The molecule has 0 bridgehead atoms. The minimum absolute atomic E-state index is 0.0223. The Hall–Kier alpha value is -4.70. The van der Waals surface area contributed by atoms with Crippen molar-refractivity contribution in [2.75, 3.05) is 0 Å². The van der Waals surface area contributed by atoms with E-state index in [1.54, 1.807) is 98.8 Å². The molecule has 0 radical (unpaired) electrons. The van der Waals surface area contributed by atoms with Crippen LogP contribution < -0.4 is 11.5 Å². The number of hydrogen-bond acceptors (Lipinski definition) is 10. The number of benzene rings is 4. The predicted molar refractivity (Wildman–Crippen MR) is 181 cm³/mol. The molecule has 4 unspecified atom stereocenters. The minimum Gasteiger partial charge on any atom is -0.321 e. The number of fused-ring (bicyclic) bond motifs is 2. The van der Waals surface area contributed by atoms with E-state index in [-0.39, 0.29) is 33.6 Å². The van der Waals surface area contributed by atoms with Crippen molar-refractivity contribution < 1.29 is 25.9 Å². The van der Waals surface area contributed by atoms with Crippen molar-refractivity contribution >= 4 is 32.4 Å². The summed E-state index contributed by atoms with van der Waals surface area (Å²) in [4.78, 5) is 0. The van der Waals surface area contributed by atoms with E-state index in [1.165, 1.54) is 12.2 Å². The van der Waals surface area contributed by atoms with Crippen LogP contribution in [0.25, 0.3) is 23.3 Å². The lowest BCUT2D eigenvalue weighted by Crippen LogP contribution is -2.54. The van der Waals surface area contributed by atoms with Crippen LogP contribution in [0.3, 0.4) is 0 Å². The van der Waals surface area contributed by atoms with Crippen LogP contribution in [-0.4, -0.2) is 38.0 Å². The quantitative estimate of drug-likeness (QED) is 0.105. The van der Waals surface area contributed by atoms with Gasteiger partial charge < -0.3 is 11.5 Å². The van der Waals surface area contributed by atoms with E-state index >= 15 is 0 Å². The molecule has 8 N–H and O–H groups in total. The second-order valence-electron chi connectivity index (χ2n) is 12.0. The molecular weight excluding hydrogens is 653 g/mol. The van der Waals surface area contributed by atoms with Gasteiger partial charge in [0.2, 0.25) is 0 Å². The minimum atomic E-state index is -4.95. The number of hydrogen-bond donors (Lipinski definition) is 6. The highest BCUT2D eigenvalue weighted by Gasteiger charge is 2.57. The Kier molecular flexibility index (Phi) is 7.94. The third-order valence-electron chi connectivity index (χ3n) is 9.51. The molecule has 0 heterocycles. The van der Waals surface area contributed by atoms with Crippen molar-refractivity contribution in [3.05, 3.63) is 141 Å². The fourth-order valence-corrected chi connectivity index (χ4v) is 10.00. The van der Waals surface area contributed by atoms with E-state index < -0.39 is 41.8 Å². The van der Waals surface area contributed by atoms with Gasteiger partial charge >= 0.3 is 0 Å². The molecule has 0 fully saturated rings. The van der Waals surface area contributed by atoms with Crippen LogP contribution in [0.4, 0.5) is 0 Å². The second kappa shape index (κ2) is 11.5. The molecule has 14 heteroatoms. The van der Waals surface area contributed by atoms with Gasteiger partial charge in [0.25, 0.3) is 20.2 Å². The summed E-state index contributed by atoms with van der Waals surface area (Å²) in [6.45, 7) is 3.52. The molecule has 0 aliphatic heterocycles. The maximum Gasteiger partial charge on any atom is 0.281 e. The van der Waals surface area contributed by atoms with Crippen molar-refractivity contribution in [3.63, 3.8) is 0 Å². The summed E-state index contributed by atoms with van der Waals surface area (Å²) in [5.74, 6) is 0. The van der Waals surface area contributed by atoms with E-state index in [0.717, 1.165) is 0 Å². The van der Waals surface area contributed by atoms with Crippen molar-refractivity contribution in [2.45, 2.75) is 35.4 Å². The average molecular weight is 685 g/mol. The molecule has 2 aliphatic carbocycles. The standard InChI is InChI=1S/C34H32N6O6S2/c1-19-15-23(33(47(41,42)43)27-9-5-3-7-21(27)17-29(39-37)31(33)35)11-13-25(19)26-14-12-24(16-20(26)2)34(48(44,45)46)28-10-6-4-8-22(28)18-30(40-38)32(34)36/h3-18,31-32,37-38H,35-36H2,1-2H3,(H,41,42,43)(H,44,45,46). The largest absolute Gasteiger partial charge is 0.321 e. The van der Waals surface area contributed by atoms with Crippen LogP contribution in [0, 0.1) is 24.9 Å². The number of aryl methyl sites for hydroxylation is 2. The first-order chi connectivity index (χ1) is 22.6. The van der Waals surface area contributed by atoms with Crippen LogP contribution >= 0.6 is 0 Å². The third kappa shape index (κ3) is 4.56. The van der Waals surface area contributed by atoms with E-state index in [0.29, 0.717) is 33.4 Å². The van der Waals surface area contributed by atoms with E-state index in [9.17, 15) is 25.9 Å². The van der Waals surface area contributed by atoms with Gasteiger partial charge in [-0.15, -0.1) is 0 Å². The summed E-state index contributed by atoms with van der Waals surface area (Å²) in [6.07, 6.45) is 3.05. The molecule has 6 rings (SSSR count). The molecular formula is C34H32N6O6S2. The topological polar surface area (TPSA) is 233 Å². The number of nitrogens with two attached hydrogens (primary N) is 2. The molecule has 0 spiro atoms. The van der Waals surface area contributed by atoms with Crippen molar-refractivity contribution in [3.8, 4) is 11.1 Å². The molecule has 4 atom stereocenters. The van der Waals surface area contributed by atoms with Crippen LogP contribution in [0.1, 0.15) is 44.5 Å². The molecule has 4 aromatic rings. The molecule has 0 aromatic heterocycles. The summed E-state index contributed by atoms with van der Waals surface area (Å²) >= 11 is 0. The number of nitrogens with zero attached hydrogens (tertiary/aromatic N) is 2. The molecule has 12 nitrogen and oxygen atoms in total. The fourth-order valence-electron chi connectivity index (χ4n) is 7.34. The highest BCUT2D eigenvalue weighted by Crippen LogP contribution is 2.50. The first kappa shape index (κ1) is 33.2. The molecule has 0 saturated heterocycles. The Morgan fingerprint density at radius 1 is 0.625 bits per heavy atom. The Labute approximate surface area is 277 Å². The lowest BCUT2D eigenvalue weighted by Gasteiger charge is -2.40. The van der Waals surface area contributed by atoms with Gasteiger partial charge in [0.1, 0.15) is 0 Å². The van der Waals surface area contributed by atoms with Gasteiger partial charge in [-0.3, -0.25) is 9.11 Å². The Morgan fingerprint density at radius 3 is 1.29 bits per heavy atom.